The van der Waals surface area contributed by atoms with Crippen LogP contribution in [-0.2, 0) is 15.3 Å². The molecule has 2 aromatic heterocycles. The van der Waals surface area contributed by atoms with E-state index in [0.717, 1.165) is 21.5 Å². The number of hydrogen-bond acceptors (Lipinski definition) is 7. The van der Waals surface area contributed by atoms with Crippen molar-refractivity contribution in [1.29, 1.82) is 0 Å². The number of carbonyl (C=O) groups is 1. The molecule has 5 rings (SSSR count). The Hall–Kier alpha value is -2.62. The molecule has 1 unspecified atom stereocenters. The Kier molecular flexibility index (Phi) is 6.08. The first kappa shape index (κ1) is 25.0. The molecule has 3 heterocycles. The number of aromatic nitrogens is 4. The van der Waals surface area contributed by atoms with Gasteiger partial charge in [-0.15, -0.1) is 10.2 Å². The SMILES string of the molecule is CC1(CC(=O)c2ccc3c(-c4ccccc4Cl)nn(-c4nnc(C(C)(C)C)s4)c3c2)CCS(=O)(=O)C1. The van der Waals surface area contributed by atoms with Crippen LogP contribution >= 0.6 is 22.9 Å². The van der Waals surface area contributed by atoms with Crippen LogP contribution in [0.25, 0.3) is 27.3 Å². The summed E-state index contributed by atoms with van der Waals surface area (Å²) in [6, 6.07) is 13.0. The second-order valence-electron chi connectivity index (χ2n) is 10.9. The zero-order valence-corrected chi connectivity index (χ0v) is 23.0. The zero-order valence-electron chi connectivity index (χ0n) is 20.6. The highest BCUT2D eigenvalue weighted by atomic mass is 35.5. The summed E-state index contributed by atoms with van der Waals surface area (Å²) in [5.74, 6) is 0.0936. The minimum atomic E-state index is -3.09. The summed E-state index contributed by atoms with van der Waals surface area (Å²) in [5.41, 5.74) is 2.00. The molecule has 188 valence electrons. The maximum absolute atomic E-state index is 13.3. The fraction of sp³-hybridized carbons (Fsp3) is 0.385. The monoisotopic (exact) mass is 542 g/mol. The number of nitrogens with zero attached hydrogens (tertiary/aromatic N) is 4. The average Bonchev–Trinajstić information content (AvgIpc) is 3.49. The number of Topliss-reactive ketones (excluding diaryl/α,β-unsaturated/α-hetero) is 1. The summed E-state index contributed by atoms with van der Waals surface area (Å²) < 4.78 is 25.8. The quantitative estimate of drug-likeness (QED) is 0.292. The Balaban J connectivity index is 1.62. The van der Waals surface area contributed by atoms with Crippen LogP contribution in [-0.4, -0.2) is 45.7 Å². The van der Waals surface area contributed by atoms with Gasteiger partial charge in [0, 0.05) is 28.3 Å². The van der Waals surface area contributed by atoms with Gasteiger partial charge in [-0.25, -0.2) is 13.1 Å². The number of halogens is 1. The van der Waals surface area contributed by atoms with E-state index in [1.54, 1.807) is 10.7 Å². The second-order valence-corrected chi connectivity index (χ2v) is 14.4. The predicted molar refractivity (Wildman–Crippen MR) is 144 cm³/mol. The van der Waals surface area contributed by atoms with E-state index in [1.807, 2.05) is 43.3 Å². The third kappa shape index (κ3) is 4.71. The highest BCUT2D eigenvalue weighted by molar-refractivity contribution is 7.91. The van der Waals surface area contributed by atoms with E-state index in [4.69, 9.17) is 16.7 Å². The van der Waals surface area contributed by atoms with Crippen molar-refractivity contribution in [2.24, 2.45) is 5.41 Å². The molecule has 0 radical (unpaired) electrons. The first-order valence-electron chi connectivity index (χ1n) is 11.7. The Morgan fingerprint density at radius 1 is 1.17 bits per heavy atom. The number of sulfone groups is 1. The van der Waals surface area contributed by atoms with E-state index in [0.29, 0.717) is 27.8 Å². The standard InChI is InChI=1S/C26H27ClN4O3S2/c1-25(2,3)23-28-29-24(35-23)31-20-13-16(21(32)14-26(4)11-12-36(33,34)15-26)9-10-18(20)22(30-31)17-7-5-6-8-19(17)27/h5-10,13H,11-12,14-15H2,1-4H3. The van der Waals surface area contributed by atoms with Crippen LogP contribution in [0.2, 0.25) is 5.02 Å². The number of carbonyl (C=O) groups excluding carboxylic acids is 1. The van der Waals surface area contributed by atoms with Gasteiger partial charge in [-0.05, 0) is 30.0 Å². The van der Waals surface area contributed by atoms with Gasteiger partial charge in [-0.2, -0.15) is 5.10 Å². The van der Waals surface area contributed by atoms with Gasteiger partial charge in [0.1, 0.15) is 10.7 Å². The number of benzene rings is 2. The summed E-state index contributed by atoms with van der Waals surface area (Å²) in [6.45, 7) is 8.11. The van der Waals surface area contributed by atoms with Crippen molar-refractivity contribution >= 4 is 49.5 Å². The molecule has 1 aliphatic heterocycles. The molecule has 0 aliphatic carbocycles. The highest BCUT2D eigenvalue weighted by Crippen LogP contribution is 2.38. The third-order valence-corrected chi connectivity index (χ3v) is 10.2. The lowest BCUT2D eigenvalue weighted by Crippen LogP contribution is -2.22. The van der Waals surface area contributed by atoms with Crippen molar-refractivity contribution in [2.45, 2.75) is 46.0 Å². The van der Waals surface area contributed by atoms with Crippen LogP contribution in [0.4, 0.5) is 0 Å². The molecule has 7 nitrogen and oxygen atoms in total. The topological polar surface area (TPSA) is 94.8 Å². The van der Waals surface area contributed by atoms with Crippen molar-refractivity contribution in [3.63, 3.8) is 0 Å². The molecule has 0 spiro atoms. The summed E-state index contributed by atoms with van der Waals surface area (Å²) >= 11 is 7.97. The van der Waals surface area contributed by atoms with Crippen molar-refractivity contribution in [2.75, 3.05) is 11.5 Å². The van der Waals surface area contributed by atoms with Crippen LogP contribution in [0, 0.1) is 5.41 Å². The number of rotatable bonds is 5. The minimum absolute atomic E-state index is 0.0446. The van der Waals surface area contributed by atoms with Crippen molar-refractivity contribution in [1.82, 2.24) is 20.0 Å². The maximum Gasteiger partial charge on any atom is 0.233 e. The van der Waals surface area contributed by atoms with Gasteiger partial charge in [0.25, 0.3) is 0 Å². The predicted octanol–water partition coefficient (Wildman–Crippen LogP) is 5.89. The van der Waals surface area contributed by atoms with E-state index >= 15 is 0 Å². The lowest BCUT2D eigenvalue weighted by atomic mass is 9.83. The lowest BCUT2D eigenvalue weighted by Gasteiger charge is -2.20. The maximum atomic E-state index is 13.3. The first-order chi connectivity index (χ1) is 16.9. The first-order valence-corrected chi connectivity index (χ1v) is 14.7. The highest BCUT2D eigenvalue weighted by Gasteiger charge is 2.40. The normalized spacial score (nSPS) is 19.7. The molecule has 0 saturated carbocycles. The second kappa shape index (κ2) is 8.75. The van der Waals surface area contributed by atoms with Gasteiger partial charge in [0.15, 0.2) is 15.6 Å². The van der Waals surface area contributed by atoms with Crippen LogP contribution < -0.4 is 0 Å². The molecular formula is C26H27ClN4O3S2. The molecule has 0 amide bonds. The molecule has 36 heavy (non-hydrogen) atoms. The molecule has 0 N–H and O–H groups in total. The molecule has 1 fully saturated rings. The molecule has 1 aliphatic rings. The molecule has 0 bridgehead atoms. The van der Waals surface area contributed by atoms with E-state index in [2.05, 4.69) is 31.0 Å². The number of ketones is 1. The summed E-state index contributed by atoms with van der Waals surface area (Å²) in [5, 5.41) is 16.5. The van der Waals surface area contributed by atoms with E-state index in [-0.39, 0.29) is 29.1 Å². The summed E-state index contributed by atoms with van der Waals surface area (Å²) in [7, 11) is -3.09. The van der Waals surface area contributed by atoms with Crippen molar-refractivity contribution in [3.05, 3.63) is 58.1 Å². The van der Waals surface area contributed by atoms with Gasteiger partial charge in [0.05, 0.1) is 22.0 Å². The fourth-order valence-corrected chi connectivity index (χ4v) is 7.95. The molecule has 1 saturated heterocycles. The summed E-state index contributed by atoms with van der Waals surface area (Å²) in [4.78, 5) is 13.3. The Morgan fingerprint density at radius 2 is 1.92 bits per heavy atom. The number of hydrogen-bond donors (Lipinski definition) is 0. The van der Waals surface area contributed by atoms with E-state index in [9.17, 15) is 13.2 Å². The van der Waals surface area contributed by atoms with Gasteiger partial charge in [-0.1, -0.05) is 74.9 Å². The van der Waals surface area contributed by atoms with Crippen molar-refractivity contribution < 1.29 is 13.2 Å². The van der Waals surface area contributed by atoms with E-state index < -0.39 is 15.3 Å². The van der Waals surface area contributed by atoms with E-state index in [1.165, 1.54) is 11.3 Å². The molecule has 2 aromatic carbocycles. The van der Waals surface area contributed by atoms with Crippen LogP contribution in [0.3, 0.4) is 0 Å². The van der Waals surface area contributed by atoms with Gasteiger partial charge in [-0.3, -0.25) is 4.79 Å². The Labute approximate surface area is 219 Å². The molecule has 4 aromatic rings. The third-order valence-electron chi connectivity index (χ3n) is 6.54. The van der Waals surface area contributed by atoms with Crippen molar-refractivity contribution in [3.8, 4) is 16.4 Å². The smallest absolute Gasteiger partial charge is 0.233 e. The molecular weight excluding hydrogens is 516 g/mol. The van der Waals surface area contributed by atoms with Crippen LogP contribution in [0.5, 0.6) is 0 Å². The Morgan fingerprint density at radius 3 is 2.56 bits per heavy atom. The van der Waals surface area contributed by atoms with Gasteiger partial charge >= 0.3 is 0 Å². The number of fused-ring (bicyclic) bond motifs is 1. The van der Waals surface area contributed by atoms with Gasteiger partial charge < -0.3 is 0 Å². The minimum Gasteiger partial charge on any atom is -0.294 e. The average molecular weight is 543 g/mol. The summed E-state index contributed by atoms with van der Waals surface area (Å²) in [6.07, 6.45) is 0.675. The fourth-order valence-electron chi connectivity index (χ4n) is 4.60. The zero-order chi connectivity index (χ0) is 25.9. The van der Waals surface area contributed by atoms with Gasteiger partial charge in [0.2, 0.25) is 5.13 Å². The largest absolute Gasteiger partial charge is 0.294 e. The van der Waals surface area contributed by atoms with Crippen LogP contribution in [0.15, 0.2) is 42.5 Å². The van der Waals surface area contributed by atoms with Crippen LogP contribution in [0.1, 0.15) is 55.9 Å². The molecule has 10 heteroatoms. The lowest BCUT2D eigenvalue weighted by molar-refractivity contribution is 0.0934. The Bertz CT molecular complexity index is 1600. The molecule has 1 atom stereocenters.